The molecule has 1 amide bonds. The normalized spacial score (nSPS) is 12.9. The number of pyridine rings is 1. The van der Waals surface area contributed by atoms with Crippen LogP contribution in [0.15, 0.2) is 73.1 Å². The Balaban J connectivity index is 1.83. The van der Waals surface area contributed by atoms with Crippen LogP contribution < -0.4 is 16.4 Å². The first kappa shape index (κ1) is 27.2. The zero-order valence-electron chi connectivity index (χ0n) is 21.0. The Morgan fingerprint density at radius 2 is 1.84 bits per heavy atom. The summed E-state index contributed by atoms with van der Waals surface area (Å²) in [6.07, 6.45) is -0.118. The van der Waals surface area contributed by atoms with Crippen LogP contribution in [0, 0.1) is 0 Å². The van der Waals surface area contributed by atoms with Crippen LogP contribution in [0.5, 0.6) is 0 Å². The van der Waals surface area contributed by atoms with Crippen LogP contribution in [0.3, 0.4) is 0 Å². The molecule has 2 heterocycles. The number of carbonyl (C=O) groups is 1. The van der Waals surface area contributed by atoms with Gasteiger partial charge in [0.25, 0.3) is 5.91 Å². The average Bonchev–Trinajstić information content (AvgIpc) is 3.24. The summed E-state index contributed by atoms with van der Waals surface area (Å²) < 4.78 is 43.1. The number of hydrogen-bond donors (Lipinski definition) is 3. The number of amides is 1. The van der Waals surface area contributed by atoms with Crippen LogP contribution in [0.25, 0.3) is 16.9 Å². The molecule has 0 radical (unpaired) electrons. The molecule has 4 rings (SSSR count). The maximum atomic E-state index is 13.8. The van der Waals surface area contributed by atoms with Crippen molar-refractivity contribution < 1.29 is 18.0 Å². The molecule has 0 saturated carbocycles. The van der Waals surface area contributed by atoms with Crippen LogP contribution in [0.2, 0.25) is 5.02 Å². The van der Waals surface area contributed by atoms with E-state index in [-0.39, 0.29) is 22.1 Å². The van der Waals surface area contributed by atoms with Gasteiger partial charge in [-0.3, -0.25) is 9.20 Å². The second-order valence-corrected chi connectivity index (χ2v) is 9.47. The van der Waals surface area contributed by atoms with Crippen LogP contribution >= 0.6 is 11.6 Å². The molecule has 0 fully saturated rings. The maximum Gasteiger partial charge on any atom is 0.416 e. The highest BCUT2D eigenvalue weighted by atomic mass is 35.5. The van der Waals surface area contributed by atoms with Gasteiger partial charge in [-0.25, -0.2) is 4.98 Å². The van der Waals surface area contributed by atoms with E-state index in [1.54, 1.807) is 17.6 Å². The average molecular weight is 542 g/mol. The van der Waals surface area contributed by atoms with E-state index >= 15 is 0 Å². The molecule has 38 heavy (non-hydrogen) atoms. The molecule has 0 aliphatic heterocycles. The smallest absolute Gasteiger partial charge is 0.394 e. The molecule has 4 aromatic rings. The van der Waals surface area contributed by atoms with Crippen molar-refractivity contribution in [3.63, 3.8) is 0 Å². The van der Waals surface area contributed by atoms with Crippen LogP contribution in [0.4, 0.5) is 19.0 Å². The fraction of sp³-hybridized carbons (Fsp3) is 0.214. The molecule has 0 spiro atoms. The fourth-order valence-corrected chi connectivity index (χ4v) is 4.35. The maximum absolute atomic E-state index is 13.8. The highest BCUT2D eigenvalue weighted by molar-refractivity contribution is 6.34. The second-order valence-electron chi connectivity index (χ2n) is 9.06. The lowest BCUT2D eigenvalue weighted by Gasteiger charge is -2.19. The monoisotopic (exact) mass is 541 g/mol. The molecule has 198 valence electrons. The van der Waals surface area contributed by atoms with E-state index in [0.717, 1.165) is 23.3 Å². The highest BCUT2D eigenvalue weighted by Gasteiger charge is 2.36. The van der Waals surface area contributed by atoms with Crippen molar-refractivity contribution in [2.45, 2.75) is 32.0 Å². The summed E-state index contributed by atoms with van der Waals surface area (Å²) in [5, 5.41) is 5.18. The Bertz CT molecular complexity index is 1500. The molecular weight excluding hydrogens is 515 g/mol. The van der Waals surface area contributed by atoms with Gasteiger partial charge in [-0.05, 0) is 53.6 Å². The lowest BCUT2D eigenvalue weighted by molar-refractivity contribution is -0.138. The van der Waals surface area contributed by atoms with Gasteiger partial charge in [0.15, 0.2) is 0 Å². The number of anilines is 1. The SMILES string of the molecule is CN/C=C\C(N)c1cc(C(=O)Nc2c(-c3ccccc3)nc3cc(C(C)C)ccn23)c(Cl)cc1C(F)(F)F. The molecule has 0 saturated heterocycles. The molecule has 2 aromatic heterocycles. The third-order valence-electron chi connectivity index (χ3n) is 6.11. The van der Waals surface area contributed by atoms with E-state index < -0.39 is 23.7 Å². The first-order chi connectivity index (χ1) is 18.0. The van der Waals surface area contributed by atoms with Gasteiger partial charge in [0.1, 0.15) is 17.2 Å². The molecule has 1 atom stereocenters. The Kier molecular flexibility index (Phi) is 7.80. The van der Waals surface area contributed by atoms with Gasteiger partial charge in [-0.1, -0.05) is 55.8 Å². The summed E-state index contributed by atoms with van der Waals surface area (Å²) in [4.78, 5) is 18.2. The summed E-state index contributed by atoms with van der Waals surface area (Å²) in [6, 6.07) is 13.8. The van der Waals surface area contributed by atoms with Crippen molar-refractivity contribution in [2.75, 3.05) is 12.4 Å². The first-order valence-electron chi connectivity index (χ1n) is 11.9. The highest BCUT2D eigenvalue weighted by Crippen LogP contribution is 2.38. The number of carbonyl (C=O) groups excluding carboxylic acids is 1. The molecule has 0 bridgehead atoms. The summed E-state index contributed by atoms with van der Waals surface area (Å²) in [7, 11) is 1.60. The fourth-order valence-electron chi connectivity index (χ4n) is 4.10. The summed E-state index contributed by atoms with van der Waals surface area (Å²) in [6.45, 7) is 4.13. The zero-order chi connectivity index (χ0) is 27.6. The molecule has 0 aliphatic carbocycles. The number of benzene rings is 2. The Hall–Kier alpha value is -3.82. The molecular formula is C28H27ClF3N5O. The van der Waals surface area contributed by atoms with Gasteiger partial charge in [0.2, 0.25) is 0 Å². The third kappa shape index (κ3) is 5.54. The molecule has 6 nitrogen and oxygen atoms in total. The van der Waals surface area contributed by atoms with Crippen molar-refractivity contribution in [1.29, 1.82) is 0 Å². The van der Waals surface area contributed by atoms with E-state index in [1.165, 1.54) is 12.3 Å². The van der Waals surface area contributed by atoms with E-state index in [9.17, 15) is 18.0 Å². The van der Waals surface area contributed by atoms with Crippen molar-refractivity contribution >= 4 is 29.0 Å². The predicted octanol–water partition coefficient (Wildman–Crippen LogP) is 6.78. The molecule has 1 unspecified atom stereocenters. The summed E-state index contributed by atoms with van der Waals surface area (Å²) in [5.74, 6) is -0.0643. The number of hydrogen-bond acceptors (Lipinski definition) is 4. The van der Waals surface area contributed by atoms with Gasteiger partial charge in [0.05, 0.1) is 22.2 Å². The number of halogens is 4. The van der Waals surface area contributed by atoms with E-state index in [0.29, 0.717) is 17.2 Å². The van der Waals surface area contributed by atoms with Gasteiger partial charge in [-0.2, -0.15) is 13.2 Å². The van der Waals surface area contributed by atoms with Crippen LogP contribution in [0.1, 0.15) is 52.9 Å². The minimum atomic E-state index is -4.71. The number of alkyl halides is 3. The number of fused-ring (bicyclic) bond motifs is 1. The Morgan fingerprint density at radius 3 is 2.47 bits per heavy atom. The number of imidazole rings is 1. The number of rotatable bonds is 7. The van der Waals surface area contributed by atoms with E-state index in [4.69, 9.17) is 22.3 Å². The lowest BCUT2D eigenvalue weighted by atomic mass is 9.97. The summed E-state index contributed by atoms with van der Waals surface area (Å²) in [5.41, 5.74) is 7.56. The lowest BCUT2D eigenvalue weighted by Crippen LogP contribution is -2.20. The predicted molar refractivity (Wildman–Crippen MR) is 144 cm³/mol. The number of nitrogens with two attached hydrogens (primary N) is 1. The first-order valence-corrected chi connectivity index (χ1v) is 12.3. The van der Waals surface area contributed by atoms with Crippen molar-refractivity contribution in [1.82, 2.24) is 14.7 Å². The quantitative estimate of drug-likeness (QED) is 0.241. The molecule has 4 N–H and O–H groups in total. The van der Waals surface area contributed by atoms with Gasteiger partial charge >= 0.3 is 6.18 Å². The number of nitrogens with one attached hydrogen (secondary N) is 2. The number of nitrogens with zero attached hydrogens (tertiary/aromatic N) is 2. The van der Waals surface area contributed by atoms with E-state index in [2.05, 4.69) is 24.5 Å². The zero-order valence-corrected chi connectivity index (χ0v) is 21.7. The minimum absolute atomic E-state index is 0.143. The van der Waals surface area contributed by atoms with Gasteiger partial charge in [0, 0.05) is 18.8 Å². The Labute approximate surface area is 223 Å². The molecule has 2 aromatic carbocycles. The third-order valence-corrected chi connectivity index (χ3v) is 6.43. The van der Waals surface area contributed by atoms with Gasteiger partial charge < -0.3 is 16.4 Å². The standard InChI is InChI=1S/C28H27ClF3N5O/c1-16(2)18-10-12-37-24(13-18)35-25(17-7-5-4-6-8-17)26(37)36-27(38)20-14-19(23(33)9-11-34-3)21(15-22(20)29)28(30,31)32/h4-16,23,34H,33H2,1-3H3,(H,36,38)/b11-9-. The van der Waals surface area contributed by atoms with Gasteiger partial charge in [-0.15, -0.1) is 0 Å². The summed E-state index contributed by atoms with van der Waals surface area (Å²) >= 11 is 6.23. The number of aromatic nitrogens is 2. The van der Waals surface area contributed by atoms with Crippen molar-refractivity contribution in [2.24, 2.45) is 5.73 Å². The van der Waals surface area contributed by atoms with Crippen molar-refractivity contribution in [3.05, 3.63) is 100 Å². The largest absolute Gasteiger partial charge is 0.416 e. The van der Waals surface area contributed by atoms with E-state index in [1.807, 2.05) is 42.5 Å². The topological polar surface area (TPSA) is 84.4 Å². The Morgan fingerprint density at radius 1 is 1.13 bits per heavy atom. The molecule has 10 heteroatoms. The molecule has 0 aliphatic rings. The van der Waals surface area contributed by atoms with Crippen LogP contribution in [-0.4, -0.2) is 22.3 Å². The minimum Gasteiger partial charge on any atom is -0.394 e. The second kappa shape index (κ2) is 10.9. The van der Waals surface area contributed by atoms with Crippen molar-refractivity contribution in [3.8, 4) is 11.3 Å². The van der Waals surface area contributed by atoms with Crippen LogP contribution in [-0.2, 0) is 6.18 Å².